The first-order valence-corrected chi connectivity index (χ1v) is 10.9. The number of nitrogens with zero attached hydrogens (tertiary/aromatic N) is 6. The van der Waals surface area contributed by atoms with E-state index in [9.17, 15) is 15.3 Å². The minimum Gasteiger partial charge on any atom is -0.381 e. The first-order chi connectivity index (χ1) is 16.8. The summed E-state index contributed by atoms with van der Waals surface area (Å²) < 4.78 is 6.62. The number of rotatable bonds is 6. The van der Waals surface area contributed by atoms with Crippen molar-refractivity contribution in [2.75, 3.05) is 13.7 Å². The average Bonchev–Trinajstić information content (AvgIpc) is 3.22. The van der Waals surface area contributed by atoms with Crippen LogP contribution in [0.2, 0.25) is 5.15 Å². The first-order valence-electron chi connectivity index (χ1n) is 10.5. The summed E-state index contributed by atoms with van der Waals surface area (Å²) >= 11 is 6.26. The van der Waals surface area contributed by atoms with E-state index < -0.39 is 11.4 Å². The molecule has 1 atom stereocenters. The number of ether oxygens (including phenoxy) is 1. The molecule has 1 N–H and O–H groups in total. The van der Waals surface area contributed by atoms with Crippen LogP contribution in [0.4, 0.5) is 0 Å². The van der Waals surface area contributed by atoms with Crippen molar-refractivity contribution in [1.29, 1.82) is 10.5 Å². The number of hydrogen-bond donors (Lipinski definition) is 1. The highest BCUT2D eigenvalue weighted by molar-refractivity contribution is 6.29. The van der Waals surface area contributed by atoms with Crippen LogP contribution in [0, 0.1) is 29.6 Å². The molecule has 0 saturated heterocycles. The largest absolute Gasteiger partial charge is 0.381 e. The Labute approximate surface area is 206 Å². The van der Waals surface area contributed by atoms with Gasteiger partial charge in [-0.1, -0.05) is 23.7 Å². The molecule has 0 saturated carbocycles. The maximum atomic E-state index is 13.0. The van der Waals surface area contributed by atoms with Crippen LogP contribution in [0.15, 0.2) is 48.7 Å². The molecule has 1 aromatic carbocycles. The van der Waals surface area contributed by atoms with Crippen molar-refractivity contribution in [3.8, 4) is 34.5 Å². The summed E-state index contributed by atoms with van der Waals surface area (Å²) in [6.45, 7) is 3.41. The van der Waals surface area contributed by atoms with Gasteiger partial charge in [0.25, 0.3) is 5.91 Å². The number of amides is 1. The lowest BCUT2D eigenvalue weighted by Gasteiger charge is -2.21. The minimum atomic E-state index is -1.22. The third-order valence-corrected chi connectivity index (χ3v) is 5.46. The summed E-state index contributed by atoms with van der Waals surface area (Å²) in [6.07, 6.45) is 1.62. The van der Waals surface area contributed by atoms with E-state index in [0.717, 1.165) is 0 Å². The Morgan fingerprint density at radius 1 is 1.20 bits per heavy atom. The molecule has 4 aromatic rings. The van der Waals surface area contributed by atoms with Crippen LogP contribution in [-0.2, 0) is 4.74 Å². The van der Waals surface area contributed by atoms with Gasteiger partial charge in [0.05, 0.1) is 29.9 Å². The molecule has 0 aliphatic heterocycles. The number of carbonyl (C=O) groups is 1. The second kappa shape index (κ2) is 9.51. The van der Waals surface area contributed by atoms with Crippen molar-refractivity contribution in [2.24, 2.45) is 0 Å². The van der Waals surface area contributed by atoms with Crippen LogP contribution >= 0.6 is 11.6 Å². The van der Waals surface area contributed by atoms with Crippen molar-refractivity contribution >= 4 is 23.2 Å². The van der Waals surface area contributed by atoms with Crippen LogP contribution < -0.4 is 5.32 Å². The molecule has 9 nitrogen and oxygen atoms in total. The van der Waals surface area contributed by atoms with Gasteiger partial charge < -0.3 is 10.1 Å². The molecule has 0 aliphatic carbocycles. The van der Waals surface area contributed by atoms with Crippen molar-refractivity contribution < 1.29 is 9.53 Å². The minimum absolute atomic E-state index is 0.0174. The summed E-state index contributed by atoms with van der Waals surface area (Å²) in [6, 6.07) is 16.3. The summed E-state index contributed by atoms with van der Waals surface area (Å²) in [5, 5.41) is 26.5. The van der Waals surface area contributed by atoms with E-state index in [1.807, 2.05) is 19.1 Å². The van der Waals surface area contributed by atoms with Crippen molar-refractivity contribution in [2.45, 2.75) is 19.4 Å². The highest BCUT2D eigenvalue weighted by Crippen LogP contribution is 2.36. The fraction of sp³-hybridized carbons (Fsp3) is 0.200. The van der Waals surface area contributed by atoms with Crippen molar-refractivity contribution in [3.05, 3.63) is 70.8 Å². The molecule has 10 heteroatoms. The van der Waals surface area contributed by atoms with Gasteiger partial charge >= 0.3 is 0 Å². The van der Waals surface area contributed by atoms with Gasteiger partial charge in [-0.05, 0) is 49.7 Å². The summed E-state index contributed by atoms with van der Waals surface area (Å²) in [7, 11) is 1.45. The zero-order valence-corrected chi connectivity index (χ0v) is 20.0. The molecule has 0 spiro atoms. The number of nitrogens with one attached hydrogen (secondary N) is 1. The molecule has 4 rings (SSSR count). The van der Waals surface area contributed by atoms with E-state index in [1.165, 1.54) is 13.2 Å². The van der Waals surface area contributed by atoms with Crippen LogP contribution in [-0.4, -0.2) is 44.7 Å². The van der Waals surface area contributed by atoms with Gasteiger partial charge in [0, 0.05) is 24.6 Å². The lowest BCUT2D eigenvalue weighted by molar-refractivity contribution is 0.0855. The zero-order chi connectivity index (χ0) is 25.2. The zero-order valence-electron chi connectivity index (χ0n) is 19.2. The molecule has 0 aliphatic rings. The Bertz CT molecular complexity index is 1510. The predicted molar refractivity (Wildman–Crippen MR) is 129 cm³/mol. The number of halogens is 1. The Balaban J connectivity index is 1.92. The maximum absolute atomic E-state index is 13.0. The van der Waals surface area contributed by atoms with Gasteiger partial charge in [0.1, 0.15) is 22.1 Å². The second-order valence-corrected chi connectivity index (χ2v) is 8.54. The highest BCUT2D eigenvalue weighted by atomic mass is 35.5. The van der Waals surface area contributed by atoms with Crippen LogP contribution in [0.5, 0.6) is 0 Å². The molecular weight excluding hydrogens is 466 g/mol. The number of benzene rings is 1. The van der Waals surface area contributed by atoms with Gasteiger partial charge in [-0.2, -0.15) is 15.6 Å². The van der Waals surface area contributed by atoms with Crippen molar-refractivity contribution in [1.82, 2.24) is 24.9 Å². The van der Waals surface area contributed by atoms with Gasteiger partial charge in [0.15, 0.2) is 5.65 Å². The van der Waals surface area contributed by atoms with E-state index in [1.54, 1.807) is 41.9 Å². The summed E-state index contributed by atoms with van der Waals surface area (Å²) in [5.41, 5.74) is 3.07. The van der Waals surface area contributed by atoms with E-state index >= 15 is 0 Å². The molecule has 3 aromatic heterocycles. The summed E-state index contributed by atoms with van der Waals surface area (Å²) in [4.78, 5) is 21.8. The molecule has 1 amide bonds. The number of hydrogen-bond acceptors (Lipinski definition) is 7. The molecule has 0 radical (unpaired) electrons. The SMILES string of the molecule is COCC(C)(C#N)NC(=O)c1ccn2nc(-c3cccc(C#N)c3)c(-c3cc(C)nc(Cl)c3)c2n1. The second-order valence-electron chi connectivity index (χ2n) is 8.15. The van der Waals surface area contributed by atoms with Gasteiger partial charge in [-0.25, -0.2) is 14.5 Å². The summed E-state index contributed by atoms with van der Waals surface area (Å²) in [5.74, 6) is -0.530. The maximum Gasteiger partial charge on any atom is 0.271 e. The number of aryl methyl sites for hydroxylation is 1. The Kier molecular flexibility index (Phi) is 6.48. The third-order valence-electron chi connectivity index (χ3n) is 5.26. The molecule has 1 unspecified atom stereocenters. The Morgan fingerprint density at radius 3 is 2.69 bits per heavy atom. The standard InChI is InChI=1S/C25H20ClN7O2/c1-15-9-18(11-20(26)29-15)21-22(17-6-4-5-16(10-17)12-27)32-33-8-7-19(30-23(21)33)24(34)31-25(2,13-28)14-35-3/h4-11H,14H2,1-3H3,(H,31,34). The number of pyridine rings is 1. The Hall–Kier alpha value is -4.31. The van der Waals surface area contributed by atoms with Gasteiger partial charge in [-0.15, -0.1) is 0 Å². The van der Waals surface area contributed by atoms with E-state index in [4.69, 9.17) is 21.4 Å². The quantitative estimate of drug-likeness (QED) is 0.409. The number of aromatic nitrogens is 4. The fourth-order valence-electron chi connectivity index (χ4n) is 3.73. The third kappa shape index (κ3) is 4.82. The van der Waals surface area contributed by atoms with E-state index in [0.29, 0.717) is 44.4 Å². The molecule has 0 bridgehead atoms. The molecule has 3 heterocycles. The number of carbonyl (C=O) groups excluding carboxylic acids is 1. The van der Waals surface area contributed by atoms with E-state index in [2.05, 4.69) is 27.4 Å². The smallest absolute Gasteiger partial charge is 0.271 e. The average molecular weight is 486 g/mol. The van der Waals surface area contributed by atoms with Gasteiger partial charge in [0.2, 0.25) is 0 Å². The Morgan fingerprint density at radius 2 is 2.00 bits per heavy atom. The first kappa shape index (κ1) is 23.8. The molecular formula is C25H20ClN7O2. The van der Waals surface area contributed by atoms with Gasteiger partial charge in [-0.3, -0.25) is 4.79 Å². The molecule has 174 valence electrons. The van der Waals surface area contributed by atoms with Crippen LogP contribution in [0.25, 0.3) is 28.0 Å². The lowest BCUT2D eigenvalue weighted by Crippen LogP contribution is -2.48. The molecule has 35 heavy (non-hydrogen) atoms. The van der Waals surface area contributed by atoms with Crippen LogP contribution in [0.1, 0.15) is 28.7 Å². The highest BCUT2D eigenvalue weighted by Gasteiger charge is 2.28. The fourth-order valence-corrected chi connectivity index (χ4v) is 3.98. The number of nitriles is 2. The van der Waals surface area contributed by atoms with Crippen molar-refractivity contribution in [3.63, 3.8) is 0 Å². The monoisotopic (exact) mass is 485 g/mol. The number of methoxy groups -OCH3 is 1. The normalized spacial score (nSPS) is 12.5. The predicted octanol–water partition coefficient (Wildman–Crippen LogP) is 3.95. The topological polar surface area (TPSA) is 129 Å². The number of fused-ring (bicyclic) bond motifs is 1. The van der Waals surface area contributed by atoms with E-state index in [-0.39, 0.29) is 12.3 Å². The molecule has 0 fully saturated rings. The van der Waals surface area contributed by atoms with Crippen LogP contribution in [0.3, 0.4) is 0 Å². The lowest BCUT2D eigenvalue weighted by atomic mass is 10.00.